The monoisotopic (exact) mass is 410 g/mol. The van der Waals surface area contributed by atoms with Crippen LogP contribution in [0.1, 0.15) is 60.0 Å². The molecule has 3 fully saturated rings. The Morgan fingerprint density at radius 3 is 2.77 bits per heavy atom. The molecule has 1 aromatic rings. The van der Waals surface area contributed by atoms with E-state index in [0.29, 0.717) is 30.5 Å². The molecule has 0 spiro atoms. The molecule has 0 aromatic heterocycles. The van der Waals surface area contributed by atoms with E-state index in [-0.39, 0.29) is 24.1 Å². The Morgan fingerprint density at radius 2 is 1.97 bits per heavy atom. The molecule has 0 aliphatic carbocycles. The Hall–Kier alpha value is -2.25. The van der Waals surface area contributed by atoms with Gasteiger partial charge in [0.2, 0.25) is 11.8 Å². The van der Waals surface area contributed by atoms with E-state index in [1.165, 1.54) is 31.2 Å². The zero-order valence-corrected chi connectivity index (χ0v) is 17.4. The number of rotatable bonds is 4. The van der Waals surface area contributed by atoms with Crippen molar-refractivity contribution in [3.05, 3.63) is 34.9 Å². The quantitative estimate of drug-likeness (QED) is 0.734. The zero-order valence-electron chi connectivity index (χ0n) is 17.4. The summed E-state index contributed by atoms with van der Waals surface area (Å²) in [5.74, 6) is 0.0256. The number of carbonyl (C=O) groups is 3. The lowest BCUT2D eigenvalue weighted by Crippen LogP contribution is -2.52. The van der Waals surface area contributed by atoms with Gasteiger partial charge in [-0.15, -0.1) is 0 Å². The van der Waals surface area contributed by atoms with Gasteiger partial charge < -0.3 is 10.2 Å². The first kappa shape index (κ1) is 19.7. The summed E-state index contributed by atoms with van der Waals surface area (Å²) < 4.78 is 0. The lowest BCUT2D eigenvalue weighted by Gasteiger charge is -2.39. The number of fused-ring (bicyclic) bond motifs is 1. The summed E-state index contributed by atoms with van der Waals surface area (Å²) in [6.45, 7) is 4.65. The highest BCUT2D eigenvalue weighted by Gasteiger charge is 2.40. The van der Waals surface area contributed by atoms with Gasteiger partial charge in [-0.2, -0.15) is 0 Å². The van der Waals surface area contributed by atoms with Gasteiger partial charge in [-0.1, -0.05) is 18.6 Å². The third-order valence-electron chi connectivity index (χ3n) is 7.36. The Morgan fingerprint density at radius 1 is 1.07 bits per heavy atom. The van der Waals surface area contributed by atoms with Crippen molar-refractivity contribution in [1.29, 1.82) is 0 Å². The van der Waals surface area contributed by atoms with Crippen molar-refractivity contribution in [2.75, 3.05) is 19.6 Å². The van der Waals surface area contributed by atoms with Gasteiger partial charge in [0.15, 0.2) is 0 Å². The van der Waals surface area contributed by atoms with Gasteiger partial charge in [-0.25, -0.2) is 0 Å². The van der Waals surface area contributed by atoms with Gasteiger partial charge in [0.05, 0.1) is 0 Å². The van der Waals surface area contributed by atoms with E-state index >= 15 is 0 Å². The van der Waals surface area contributed by atoms with Crippen LogP contribution in [0.25, 0.3) is 0 Å². The standard InChI is InChI=1S/C23H30N4O3/c28-21-8-7-20(22(29)25-21)27-14-18-16(4-3-5-17(18)23(27)30)13-26-11-2-1-6-19(26)15-9-10-24-12-15/h3-5,15,19-20,24H,1-2,6-14H2,(H,25,28,29). The molecular weight excluding hydrogens is 380 g/mol. The van der Waals surface area contributed by atoms with Gasteiger partial charge in [0, 0.05) is 31.1 Å². The minimum absolute atomic E-state index is 0.0865. The number of benzene rings is 1. The first-order valence-corrected chi connectivity index (χ1v) is 11.3. The number of nitrogens with zero attached hydrogens (tertiary/aromatic N) is 2. The topological polar surface area (TPSA) is 81.8 Å². The molecule has 3 atom stereocenters. The number of imide groups is 1. The third-order valence-corrected chi connectivity index (χ3v) is 7.36. The van der Waals surface area contributed by atoms with Gasteiger partial charge in [-0.05, 0) is 68.4 Å². The Balaban J connectivity index is 1.36. The van der Waals surface area contributed by atoms with Crippen LogP contribution in [-0.4, -0.2) is 59.2 Å². The molecule has 4 aliphatic rings. The lowest BCUT2D eigenvalue weighted by molar-refractivity contribution is -0.136. The molecule has 5 rings (SSSR count). The van der Waals surface area contributed by atoms with E-state index in [9.17, 15) is 14.4 Å². The summed E-state index contributed by atoms with van der Waals surface area (Å²) in [7, 11) is 0. The predicted molar refractivity (Wildman–Crippen MR) is 112 cm³/mol. The second-order valence-corrected chi connectivity index (χ2v) is 9.13. The fraction of sp³-hybridized carbons (Fsp3) is 0.609. The maximum absolute atomic E-state index is 13.1. The van der Waals surface area contributed by atoms with Crippen molar-refractivity contribution in [1.82, 2.24) is 20.4 Å². The number of carbonyl (C=O) groups excluding carboxylic acids is 3. The molecule has 7 heteroatoms. The maximum Gasteiger partial charge on any atom is 0.255 e. The van der Waals surface area contributed by atoms with Crippen LogP contribution < -0.4 is 10.6 Å². The fourth-order valence-electron chi connectivity index (χ4n) is 5.77. The van der Waals surface area contributed by atoms with E-state index in [4.69, 9.17) is 0 Å². The number of piperidine rings is 2. The molecule has 2 N–H and O–H groups in total. The van der Waals surface area contributed by atoms with Crippen LogP contribution in [-0.2, 0) is 22.7 Å². The van der Waals surface area contributed by atoms with Gasteiger partial charge in [0.1, 0.15) is 6.04 Å². The predicted octanol–water partition coefficient (Wildman–Crippen LogP) is 1.41. The first-order chi connectivity index (χ1) is 14.6. The van der Waals surface area contributed by atoms with E-state index in [2.05, 4.69) is 21.6 Å². The molecule has 0 bridgehead atoms. The van der Waals surface area contributed by atoms with Crippen LogP contribution in [0.15, 0.2) is 18.2 Å². The van der Waals surface area contributed by atoms with Gasteiger partial charge in [0.25, 0.3) is 5.91 Å². The highest BCUT2D eigenvalue weighted by atomic mass is 16.2. The van der Waals surface area contributed by atoms with Crippen molar-refractivity contribution in [3.8, 4) is 0 Å². The maximum atomic E-state index is 13.1. The lowest BCUT2D eigenvalue weighted by atomic mass is 9.89. The van der Waals surface area contributed by atoms with E-state index in [1.807, 2.05) is 12.1 Å². The van der Waals surface area contributed by atoms with Crippen LogP contribution in [0.5, 0.6) is 0 Å². The molecule has 1 aromatic carbocycles. The van der Waals surface area contributed by atoms with Crippen molar-refractivity contribution in [3.63, 3.8) is 0 Å². The van der Waals surface area contributed by atoms with Crippen molar-refractivity contribution >= 4 is 17.7 Å². The smallest absolute Gasteiger partial charge is 0.255 e. The van der Waals surface area contributed by atoms with Crippen molar-refractivity contribution in [2.45, 2.75) is 63.7 Å². The second kappa shape index (κ2) is 8.12. The molecule has 3 unspecified atom stereocenters. The second-order valence-electron chi connectivity index (χ2n) is 9.13. The SMILES string of the molecule is O=C1CCC(N2Cc3c(CN4CCCCC4C4CCNC4)cccc3C2=O)C(=O)N1. The van der Waals surface area contributed by atoms with Gasteiger partial charge in [-0.3, -0.25) is 24.6 Å². The number of hydrogen-bond donors (Lipinski definition) is 2. The summed E-state index contributed by atoms with van der Waals surface area (Å²) in [6.07, 6.45) is 5.72. The molecule has 30 heavy (non-hydrogen) atoms. The van der Waals surface area contributed by atoms with Gasteiger partial charge >= 0.3 is 0 Å². The molecule has 0 radical (unpaired) electrons. The van der Waals surface area contributed by atoms with E-state index in [0.717, 1.165) is 31.7 Å². The molecular formula is C23H30N4O3. The average molecular weight is 411 g/mol. The largest absolute Gasteiger partial charge is 0.322 e. The Labute approximate surface area is 177 Å². The molecule has 4 aliphatic heterocycles. The van der Waals surface area contributed by atoms with E-state index in [1.54, 1.807) is 4.90 Å². The van der Waals surface area contributed by atoms with Crippen LogP contribution in [0, 0.1) is 5.92 Å². The van der Waals surface area contributed by atoms with Crippen LogP contribution in [0.2, 0.25) is 0 Å². The van der Waals surface area contributed by atoms with E-state index < -0.39 is 6.04 Å². The first-order valence-electron chi connectivity index (χ1n) is 11.3. The third kappa shape index (κ3) is 3.54. The highest BCUT2D eigenvalue weighted by molar-refractivity contribution is 6.05. The number of nitrogens with one attached hydrogen (secondary N) is 2. The molecule has 3 amide bonds. The Kier molecular flexibility index (Phi) is 5.33. The molecule has 160 valence electrons. The number of likely N-dealkylation sites (tertiary alicyclic amines) is 1. The zero-order chi connectivity index (χ0) is 20.7. The molecule has 7 nitrogen and oxygen atoms in total. The minimum Gasteiger partial charge on any atom is -0.322 e. The Bertz CT molecular complexity index is 864. The number of amides is 3. The summed E-state index contributed by atoms with van der Waals surface area (Å²) in [4.78, 5) is 41.2. The summed E-state index contributed by atoms with van der Waals surface area (Å²) >= 11 is 0. The van der Waals surface area contributed by atoms with Crippen molar-refractivity contribution in [2.24, 2.45) is 5.92 Å². The summed E-state index contributed by atoms with van der Waals surface area (Å²) in [5.41, 5.74) is 2.97. The molecule has 3 saturated heterocycles. The molecule has 4 heterocycles. The summed E-state index contributed by atoms with van der Waals surface area (Å²) in [5, 5.41) is 5.90. The van der Waals surface area contributed by atoms with Crippen LogP contribution >= 0.6 is 0 Å². The number of hydrogen-bond acceptors (Lipinski definition) is 5. The normalized spacial score (nSPS) is 29.9. The highest BCUT2D eigenvalue weighted by Crippen LogP contribution is 2.33. The fourth-order valence-corrected chi connectivity index (χ4v) is 5.77. The minimum atomic E-state index is -0.553. The molecule has 0 saturated carbocycles. The summed E-state index contributed by atoms with van der Waals surface area (Å²) in [6, 6.07) is 6.03. The van der Waals surface area contributed by atoms with Crippen LogP contribution in [0.3, 0.4) is 0 Å². The van der Waals surface area contributed by atoms with Crippen LogP contribution in [0.4, 0.5) is 0 Å². The average Bonchev–Trinajstić information content (AvgIpc) is 3.38. The van der Waals surface area contributed by atoms with Crippen molar-refractivity contribution < 1.29 is 14.4 Å².